The largest absolute Gasteiger partial charge is 0.480 e. The number of hydrogen-bond donors (Lipinski definition) is 1. The molecule has 0 fully saturated rings. The molecule has 2 aromatic rings. The molecule has 20 heavy (non-hydrogen) atoms. The maximum absolute atomic E-state index is 11.5. The van der Waals surface area contributed by atoms with Crippen molar-refractivity contribution in [3.8, 4) is 11.4 Å². The lowest BCUT2D eigenvalue weighted by Gasteiger charge is -2.21. The van der Waals surface area contributed by atoms with Crippen LogP contribution in [-0.4, -0.2) is 39.6 Å². The Balaban J connectivity index is 2.57. The summed E-state index contributed by atoms with van der Waals surface area (Å²) in [6.45, 7) is 0. The molecule has 0 aliphatic carbocycles. The van der Waals surface area contributed by atoms with Crippen LogP contribution in [0.15, 0.2) is 30.3 Å². The summed E-state index contributed by atoms with van der Waals surface area (Å²) in [6.07, 6.45) is 0. The Morgan fingerprint density at radius 2 is 1.95 bits per heavy atom. The Morgan fingerprint density at radius 3 is 2.45 bits per heavy atom. The van der Waals surface area contributed by atoms with E-state index >= 15 is 0 Å². The molecule has 1 unspecified atom stereocenters. The standard InChI is InChI=1S/C14H16ClN3O2/c1-17(2)11(14(19)20)10-12(15)16-13(18(10)3)9-7-5-4-6-8-9/h4-8,11H,1-3H3,(H,19,20). The van der Waals surface area contributed by atoms with Gasteiger partial charge in [0.15, 0.2) is 11.2 Å². The monoisotopic (exact) mass is 293 g/mol. The van der Waals surface area contributed by atoms with E-state index in [1.165, 1.54) is 0 Å². The van der Waals surface area contributed by atoms with E-state index in [1.54, 1.807) is 30.6 Å². The van der Waals surface area contributed by atoms with Gasteiger partial charge in [-0.2, -0.15) is 0 Å². The van der Waals surface area contributed by atoms with Gasteiger partial charge in [-0.1, -0.05) is 41.9 Å². The Morgan fingerprint density at radius 1 is 1.35 bits per heavy atom. The van der Waals surface area contributed by atoms with Gasteiger partial charge in [0.1, 0.15) is 5.82 Å². The second-order valence-electron chi connectivity index (χ2n) is 4.74. The third-order valence-electron chi connectivity index (χ3n) is 3.14. The van der Waals surface area contributed by atoms with Gasteiger partial charge in [-0.15, -0.1) is 0 Å². The fourth-order valence-electron chi connectivity index (χ4n) is 2.20. The predicted molar refractivity (Wildman–Crippen MR) is 77.7 cm³/mol. The fourth-order valence-corrected chi connectivity index (χ4v) is 2.51. The van der Waals surface area contributed by atoms with E-state index in [2.05, 4.69) is 4.98 Å². The van der Waals surface area contributed by atoms with Crippen LogP contribution in [0.5, 0.6) is 0 Å². The second kappa shape index (κ2) is 5.64. The molecular weight excluding hydrogens is 278 g/mol. The van der Waals surface area contributed by atoms with Gasteiger partial charge in [0.2, 0.25) is 0 Å². The van der Waals surface area contributed by atoms with Crippen LogP contribution in [0.3, 0.4) is 0 Å². The SMILES string of the molecule is CN(C)C(C(=O)O)c1c(Cl)nc(-c2ccccc2)n1C. The predicted octanol–water partition coefficient (Wildman–Crippen LogP) is 2.43. The molecule has 0 bridgehead atoms. The van der Waals surface area contributed by atoms with Crippen LogP contribution in [0.2, 0.25) is 5.15 Å². The van der Waals surface area contributed by atoms with Crippen LogP contribution in [0.1, 0.15) is 11.7 Å². The number of halogens is 1. The Bertz CT molecular complexity index is 623. The Labute approximate surface area is 122 Å². The third-order valence-corrected chi connectivity index (χ3v) is 3.41. The molecule has 0 amide bonds. The molecule has 0 saturated carbocycles. The minimum atomic E-state index is -0.959. The van der Waals surface area contributed by atoms with Crippen molar-refractivity contribution in [2.24, 2.45) is 7.05 Å². The van der Waals surface area contributed by atoms with Gasteiger partial charge in [-0.3, -0.25) is 9.69 Å². The van der Waals surface area contributed by atoms with Crippen molar-refractivity contribution in [2.75, 3.05) is 14.1 Å². The van der Waals surface area contributed by atoms with Gasteiger partial charge < -0.3 is 9.67 Å². The first kappa shape index (κ1) is 14.6. The summed E-state index contributed by atoms with van der Waals surface area (Å²) < 4.78 is 1.73. The highest BCUT2D eigenvalue weighted by Gasteiger charge is 2.30. The van der Waals surface area contributed by atoms with Gasteiger partial charge in [-0.25, -0.2) is 4.98 Å². The number of hydrogen-bond acceptors (Lipinski definition) is 3. The van der Waals surface area contributed by atoms with Gasteiger partial charge in [0, 0.05) is 12.6 Å². The van der Waals surface area contributed by atoms with Gasteiger partial charge in [0.25, 0.3) is 0 Å². The van der Waals surface area contributed by atoms with E-state index < -0.39 is 12.0 Å². The number of likely N-dealkylation sites (N-methyl/N-ethyl adjacent to an activating group) is 1. The molecule has 0 aliphatic heterocycles. The Hall–Kier alpha value is -1.85. The van der Waals surface area contributed by atoms with Crippen LogP contribution in [0, 0.1) is 0 Å². The summed E-state index contributed by atoms with van der Waals surface area (Å²) in [7, 11) is 5.17. The summed E-state index contributed by atoms with van der Waals surface area (Å²) in [6, 6.07) is 8.70. The maximum atomic E-state index is 11.5. The van der Waals surface area contributed by atoms with Crippen molar-refractivity contribution in [3.05, 3.63) is 41.2 Å². The maximum Gasteiger partial charge on any atom is 0.327 e. The van der Waals surface area contributed by atoms with Crippen molar-refractivity contribution in [2.45, 2.75) is 6.04 Å². The van der Waals surface area contributed by atoms with E-state index in [0.29, 0.717) is 11.5 Å². The van der Waals surface area contributed by atoms with Gasteiger partial charge in [-0.05, 0) is 14.1 Å². The highest BCUT2D eigenvalue weighted by atomic mass is 35.5. The number of carboxylic acids is 1. The lowest BCUT2D eigenvalue weighted by atomic mass is 10.2. The number of aromatic nitrogens is 2. The molecule has 5 nitrogen and oxygen atoms in total. The van der Waals surface area contributed by atoms with Crippen molar-refractivity contribution in [3.63, 3.8) is 0 Å². The molecule has 106 valence electrons. The number of benzene rings is 1. The van der Waals surface area contributed by atoms with Crippen molar-refractivity contribution in [1.29, 1.82) is 0 Å². The number of rotatable bonds is 4. The van der Waals surface area contributed by atoms with Crippen LogP contribution >= 0.6 is 11.6 Å². The van der Waals surface area contributed by atoms with E-state index in [4.69, 9.17) is 11.6 Å². The second-order valence-corrected chi connectivity index (χ2v) is 5.10. The summed E-state index contributed by atoms with van der Waals surface area (Å²) in [5.41, 5.74) is 1.37. The molecule has 1 aromatic carbocycles. The molecule has 1 N–H and O–H groups in total. The minimum Gasteiger partial charge on any atom is -0.480 e. The number of imidazole rings is 1. The summed E-state index contributed by atoms with van der Waals surface area (Å²) in [4.78, 5) is 17.4. The zero-order valence-corrected chi connectivity index (χ0v) is 12.3. The molecule has 1 aromatic heterocycles. The van der Waals surface area contributed by atoms with Crippen molar-refractivity contribution in [1.82, 2.24) is 14.5 Å². The third kappa shape index (κ3) is 2.55. The molecule has 6 heteroatoms. The van der Waals surface area contributed by atoms with Crippen LogP contribution in [0.4, 0.5) is 0 Å². The lowest BCUT2D eigenvalue weighted by Crippen LogP contribution is -2.29. The van der Waals surface area contributed by atoms with E-state index in [9.17, 15) is 9.90 Å². The summed E-state index contributed by atoms with van der Waals surface area (Å²) in [5, 5.41) is 9.60. The van der Waals surface area contributed by atoms with Gasteiger partial charge in [0.05, 0.1) is 5.69 Å². The highest BCUT2D eigenvalue weighted by molar-refractivity contribution is 6.30. The molecule has 2 rings (SSSR count). The molecule has 0 spiro atoms. The van der Waals surface area contributed by atoms with Crippen molar-refractivity contribution < 1.29 is 9.90 Å². The molecular formula is C14H16ClN3O2. The smallest absolute Gasteiger partial charge is 0.327 e. The highest BCUT2D eigenvalue weighted by Crippen LogP contribution is 2.30. The normalized spacial score (nSPS) is 12.7. The topological polar surface area (TPSA) is 58.4 Å². The van der Waals surface area contributed by atoms with Crippen LogP contribution < -0.4 is 0 Å². The van der Waals surface area contributed by atoms with Crippen molar-refractivity contribution >= 4 is 17.6 Å². The lowest BCUT2D eigenvalue weighted by molar-refractivity contribution is -0.142. The first-order valence-corrected chi connectivity index (χ1v) is 6.48. The van der Waals surface area contributed by atoms with E-state index in [0.717, 1.165) is 5.56 Å². The average Bonchev–Trinajstić information content (AvgIpc) is 2.67. The molecule has 1 heterocycles. The molecule has 0 aliphatic rings. The quantitative estimate of drug-likeness (QED) is 0.940. The van der Waals surface area contributed by atoms with Gasteiger partial charge >= 0.3 is 5.97 Å². The zero-order valence-electron chi connectivity index (χ0n) is 11.5. The number of carbonyl (C=O) groups is 1. The summed E-state index contributed by atoms with van der Waals surface area (Å²) in [5.74, 6) is -0.307. The van der Waals surface area contributed by atoms with E-state index in [-0.39, 0.29) is 5.15 Å². The van der Waals surface area contributed by atoms with E-state index in [1.807, 2.05) is 30.3 Å². The number of aliphatic carboxylic acids is 1. The van der Waals surface area contributed by atoms with Crippen LogP contribution in [0.25, 0.3) is 11.4 Å². The number of nitrogens with zero attached hydrogens (tertiary/aromatic N) is 3. The first-order valence-electron chi connectivity index (χ1n) is 6.10. The first-order chi connectivity index (χ1) is 9.43. The molecule has 0 saturated heterocycles. The summed E-state index contributed by atoms with van der Waals surface area (Å²) >= 11 is 6.16. The van der Waals surface area contributed by atoms with Crippen LogP contribution in [-0.2, 0) is 11.8 Å². The zero-order chi connectivity index (χ0) is 14.9. The Kier molecular flexibility index (Phi) is 4.11. The minimum absolute atomic E-state index is 0.215. The molecule has 1 atom stereocenters. The fraction of sp³-hybridized carbons (Fsp3) is 0.286. The average molecular weight is 294 g/mol. The number of carboxylic acid groups (broad SMARTS) is 1. The molecule has 0 radical (unpaired) electrons.